The molecular weight excluding hydrogens is 254 g/mol. The largest absolute Gasteiger partial charge is 0.444 e. The van der Waals surface area contributed by atoms with Crippen LogP contribution in [-0.2, 0) is 4.74 Å². The van der Waals surface area contributed by atoms with Gasteiger partial charge in [0, 0.05) is 32.6 Å². The molecule has 0 saturated carbocycles. The quantitative estimate of drug-likeness (QED) is 0.738. The summed E-state index contributed by atoms with van der Waals surface area (Å²) in [4.78, 5) is 13.3. The van der Waals surface area contributed by atoms with Crippen LogP contribution < -0.4 is 5.32 Å². The lowest BCUT2D eigenvalue weighted by Crippen LogP contribution is -2.55. The maximum Gasteiger partial charge on any atom is 0.410 e. The normalized spacial score (nSPS) is 30.7. The number of nitrogens with zero attached hydrogens (tertiary/aromatic N) is 1. The molecule has 1 spiro atoms. The molecular formula is C13H22F2N2O2. The third kappa shape index (κ3) is 2.83. The third-order valence-electron chi connectivity index (χ3n) is 3.86. The second kappa shape index (κ2) is 4.58. The Morgan fingerprint density at radius 3 is 2.58 bits per heavy atom. The van der Waals surface area contributed by atoms with Crippen LogP contribution in [0.3, 0.4) is 0 Å². The van der Waals surface area contributed by atoms with E-state index in [1.165, 1.54) is 4.90 Å². The molecule has 19 heavy (non-hydrogen) atoms. The molecule has 6 heteroatoms. The fourth-order valence-corrected chi connectivity index (χ4v) is 2.77. The second-order valence-electron chi connectivity index (χ2n) is 6.56. The van der Waals surface area contributed by atoms with Crippen molar-refractivity contribution in [3.8, 4) is 0 Å². The predicted molar refractivity (Wildman–Crippen MR) is 67.3 cm³/mol. The van der Waals surface area contributed by atoms with E-state index in [1.807, 2.05) is 0 Å². The van der Waals surface area contributed by atoms with Crippen molar-refractivity contribution >= 4 is 6.09 Å². The Kier molecular flexibility index (Phi) is 3.49. The number of rotatable bonds is 0. The van der Waals surface area contributed by atoms with Gasteiger partial charge >= 0.3 is 6.09 Å². The number of alkyl halides is 2. The number of nitrogens with one attached hydrogen (secondary N) is 1. The zero-order valence-electron chi connectivity index (χ0n) is 11.8. The molecule has 2 fully saturated rings. The molecule has 0 radical (unpaired) electrons. The van der Waals surface area contributed by atoms with E-state index in [0.717, 1.165) is 0 Å². The number of piperidine rings is 1. The van der Waals surface area contributed by atoms with Crippen molar-refractivity contribution in [3.63, 3.8) is 0 Å². The summed E-state index contributed by atoms with van der Waals surface area (Å²) in [7, 11) is 0. The van der Waals surface area contributed by atoms with Gasteiger partial charge in [-0.3, -0.25) is 0 Å². The third-order valence-corrected chi connectivity index (χ3v) is 3.86. The van der Waals surface area contributed by atoms with Crippen molar-refractivity contribution in [2.75, 3.05) is 26.2 Å². The molecule has 0 bridgehead atoms. The van der Waals surface area contributed by atoms with Gasteiger partial charge < -0.3 is 15.0 Å². The molecule has 1 atom stereocenters. The number of amides is 1. The molecule has 110 valence electrons. The molecule has 1 amide bonds. The number of halogens is 2. The average Bonchev–Trinajstić information content (AvgIpc) is 2.66. The number of ether oxygens (including phenoxy) is 1. The molecule has 2 aliphatic rings. The summed E-state index contributed by atoms with van der Waals surface area (Å²) in [6, 6.07) is 0. The highest BCUT2D eigenvalue weighted by Crippen LogP contribution is 2.47. The van der Waals surface area contributed by atoms with E-state index in [-0.39, 0.29) is 19.5 Å². The topological polar surface area (TPSA) is 41.6 Å². The lowest BCUT2D eigenvalue weighted by molar-refractivity contribution is -0.135. The van der Waals surface area contributed by atoms with Crippen LogP contribution in [0.15, 0.2) is 0 Å². The van der Waals surface area contributed by atoms with Crippen LogP contribution >= 0.6 is 0 Å². The Hall–Kier alpha value is -0.910. The molecule has 0 aromatic heterocycles. The highest BCUT2D eigenvalue weighted by molar-refractivity contribution is 5.68. The van der Waals surface area contributed by atoms with Crippen LogP contribution in [-0.4, -0.2) is 48.7 Å². The Labute approximate surface area is 112 Å². The molecule has 1 N–H and O–H groups in total. The SMILES string of the molecule is CC(C)(C)OC(=O)N1CCC2(CNCCC2(F)F)C1. The number of carbonyl (C=O) groups excluding carboxylic acids is 1. The van der Waals surface area contributed by atoms with Crippen molar-refractivity contribution in [2.45, 2.75) is 45.1 Å². The summed E-state index contributed by atoms with van der Waals surface area (Å²) in [5.74, 6) is -2.71. The smallest absolute Gasteiger partial charge is 0.410 e. The molecule has 2 saturated heterocycles. The zero-order chi connectivity index (χ0) is 14.3. The maximum absolute atomic E-state index is 14.1. The Morgan fingerprint density at radius 2 is 2.00 bits per heavy atom. The summed E-state index contributed by atoms with van der Waals surface area (Å²) in [6.45, 7) is 6.32. The lowest BCUT2D eigenvalue weighted by atomic mass is 9.76. The van der Waals surface area contributed by atoms with Crippen LogP contribution in [0.4, 0.5) is 13.6 Å². The van der Waals surface area contributed by atoms with Crippen molar-refractivity contribution < 1.29 is 18.3 Å². The van der Waals surface area contributed by atoms with E-state index in [2.05, 4.69) is 5.32 Å². The summed E-state index contributed by atoms with van der Waals surface area (Å²) in [5, 5.41) is 3.02. The lowest BCUT2D eigenvalue weighted by Gasteiger charge is -2.41. The second-order valence-corrected chi connectivity index (χ2v) is 6.56. The highest BCUT2D eigenvalue weighted by atomic mass is 19.3. The fourth-order valence-electron chi connectivity index (χ4n) is 2.77. The van der Waals surface area contributed by atoms with Gasteiger partial charge in [0.2, 0.25) is 0 Å². The van der Waals surface area contributed by atoms with E-state index >= 15 is 0 Å². The Morgan fingerprint density at radius 1 is 1.32 bits per heavy atom. The maximum atomic E-state index is 14.1. The summed E-state index contributed by atoms with van der Waals surface area (Å²) in [6.07, 6.45) is -0.327. The molecule has 2 aliphatic heterocycles. The number of hydrogen-bond donors (Lipinski definition) is 1. The fraction of sp³-hybridized carbons (Fsp3) is 0.923. The Bertz CT molecular complexity index is 368. The zero-order valence-corrected chi connectivity index (χ0v) is 11.8. The first-order valence-electron chi connectivity index (χ1n) is 6.72. The highest BCUT2D eigenvalue weighted by Gasteiger charge is 2.58. The standard InChI is InChI=1S/C13H22F2N2O2/c1-11(2,3)19-10(18)17-7-5-12(9-17)8-16-6-4-13(12,14)15/h16H,4-9H2,1-3H3. The van der Waals surface area contributed by atoms with E-state index < -0.39 is 23.0 Å². The van der Waals surface area contributed by atoms with Gasteiger partial charge in [-0.05, 0) is 27.2 Å². The molecule has 1 unspecified atom stereocenters. The van der Waals surface area contributed by atoms with Crippen molar-refractivity contribution in [3.05, 3.63) is 0 Å². The van der Waals surface area contributed by atoms with Gasteiger partial charge in [0.15, 0.2) is 0 Å². The molecule has 4 nitrogen and oxygen atoms in total. The molecule has 2 heterocycles. The average molecular weight is 276 g/mol. The molecule has 0 aromatic carbocycles. The molecule has 0 aromatic rings. The van der Waals surface area contributed by atoms with Gasteiger partial charge in [-0.25, -0.2) is 13.6 Å². The van der Waals surface area contributed by atoms with Gasteiger partial charge in [0.25, 0.3) is 5.92 Å². The van der Waals surface area contributed by atoms with Crippen LogP contribution in [0.2, 0.25) is 0 Å². The first-order chi connectivity index (χ1) is 8.65. The molecule has 0 aliphatic carbocycles. The van der Waals surface area contributed by atoms with E-state index in [0.29, 0.717) is 19.5 Å². The van der Waals surface area contributed by atoms with Crippen LogP contribution in [0.25, 0.3) is 0 Å². The molecule has 2 rings (SSSR count). The van der Waals surface area contributed by atoms with Crippen LogP contribution in [0.1, 0.15) is 33.6 Å². The minimum atomic E-state index is -2.71. The minimum Gasteiger partial charge on any atom is -0.444 e. The number of carbonyl (C=O) groups is 1. The van der Waals surface area contributed by atoms with E-state index in [9.17, 15) is 13.6 Å². The van der Waals surface area contributed by atoms with Gasteiger partial charge in [-0.1, -0.05) is 0 Å². The van der Waals surface area contributed by atoms with Gasteiger partial charge in [0.1, 0.15) is 5.60 Å². The first kappa shape index (κ1) is 14.5. The number of hydrogen-bond acceptors (Lipinski definition) is 3. The van der Waals surface area contributed by atoms with Gasteiger partial charge in [0.05, 0.1) is 5.41 Å². The summed E-state index contributed by atoms with van der Waals surface area (Å²) < 4.78 is 33.5. The van der Waals surface area contributed by atoms with Crippen LogP contribution in [0.5, 0.6) is 0 Å². The Balaban J connectivity index is 2.05. The van der Waals surface area contributed by atoms with E-state index in [4.69, 9.17) is 4.74 Å². The minimum absolute atomic E-state index is 0.0713. The van der Waals surface area contributed by atoms with E-state index in [1.54, 1.807) is 20.8 Å². The monoisotopic (exact) mass is 276 g/mol. The van der Waals surface area contributed by atoms with Crippen molar-refractivity contribution in [1.82, 2.24) is 10.2 Å². The predicted octanol–water partition coefficient (Wildman–Crippen LogP) is 2.24. The van der Waals surface area contributed by atoms with Gasteiger partial charge in [-0.2, -0.15) is 0 Å². The van der Waals surface area contributed by atoms with Crippen molar-refractivity contribution in [2.24, 2.45) is 5.41 Å². The summed E-state index contributed by atoms with van der Waals surface area (Å²) in [5.41, 5.74) is -1.72. The van der Waals surface area contributed by atoms with Crippen LogP contribution in [0, 0.1) is 5.41 Å². The van der Waals surface area contributed by atoms with Crippen molar-refractivity contribution in [1.29, 1.82) is 0 Å². The van der Waals surface area contributed by atoms with Gasteiger partial charge in [-0.15, -0.1) is 0 Å². The first-order valence-corrected chi connectivity index (χ1v) is 6.72. The summed E-state index contributed by atoms with van der Waals surface area (Å²) >= 11 is 0. The number of likely N-dealkylation sites (tertiary alicyclic amines) is 1.